The predicted octanol–water partition coefficient (Wildman–Crippen LogP) is 1.85. The van der Waals surface area contributed by atoms with Crippen molar-refractivity contribution in [1.29, 1.82) is 0 Å². The van der Waals surface area contributed by atoms with Crippen LogP contribution in [0.2, 0.25) is 0 Å². The fourth-order valence-corrected chi connectivity index (χ4v) is 3.01. The number of hydrogen-bond donors (Lipinski definition) is 1. The van der Waals surface area contributed by atoms with Gasteiger partial charge in [0, 0.05) is 7.05 Å². The van der Waals surface area contributed by atoms with Crippen LogP contribution in [0.4, 0.5) is 5.69 Å². The summed E-state index contributed by atoms with van der Waals surface area (Å²) in [5.74, 6) is 0. The van der Waals surface area contributed by atoms with Gasteiger partial charge in [-0.15, -0.1) is 0 Å². The lowest BCUT2D eigenvalue weighted by molar-refractivity contribution is 0.594. The number of aromatic nitrogens is 2. The number of sulfonamides is 1. The summed E-state index contributed by atoms with van der Waals surface area (Å²) in [6, 6.07) is 7.35. The molecule has 0 unspecified atom stereocenters. The molecule has 0 amide bonds. The van der Waals surface area contributed by atoms with E-state index in [1.807, 2.05) is 25.1 Å². The van der Waals surface area contributed by atoms with Crippen LogP contribution in [-0.4, -0.2) is 25.7 Å². The van der Waals surface area contributed by atoms with Crippen molar-refractivity contribution in [3.8, 4) is 0 Å². The minimum absolute atomic E-state index is 0.200. The van der Waals surface area contributed by atoms with E-state index >= 15 is 0 Å². The summed E-state index contributed by atoms with van der Waals surface area (Å²) in [4.78, 5) is 0.200. The average molecular weight is 265 g/mol. The fraction of sp³-hybridized carbons (Fsp3) is 0.250. The fourth-order valence-electron chi connectivity index (χ4n) is 1.71. The van der Waals surface area contributed by atoms with E-state index in [0.29, 0.717) is 11.4 Å². The molecule has 0 saturated heterocycles. The third-order valence-corrected chi connectivity index (χ3v) is 4.69. The van der Waals surface area contributed by atoms with Gasteiger partial charge in [0.25, 0.3) is 10.0 Å². The molecule has 5 nitrogen and oxygen atoms in total. The Kier molecular flexibility index (Phi) is 3.13. The number of rotatable bonds is 3. The zero-order valence-electron chi connectivity index (χ0n) is 10.5. The van der Waals surface area contributed by atoms with Crippen molar-refractivity contribution in [3.63, 3.8) is 0 Å². The van der Waals surface area contributed by atoms with Crippen LogP contribution >= 0.6 is 0 Å². The van der Waals surface area contributed by atoms with E-state index in [-0.39, 0.29) is 4.90 Å². The Morgan fingerprint density at radius 3 is 2.56 bits per heavy atom. The number of hydrogen-bond acceptors (Lipinski definition) is 3. The Morgan fingerprint density at radius 1 is 1.28 bits per heavy atom. The molecule has 0 bridgehead atoms. The van der Waals surface area contributed by atoms with Crippen LogP contribution in [0.5, 0.6) is 0 Å². The van der Waals surface area contributed by atoms with Gasteiger partial charge in [-0.2, -0.15) is 5.10 Å². The summed E-state index contributed by atoms with van der Waals surface area (Å²) in [6.07, 6.45) is 1.33. The van der Waals surface area contributed by atoms with Gasteiger partial charge in [-0.1, -0.05) is 12.1 Å². The number of H-pyrrole nitrogens is 1. The molecule has 1 heterocycles. The molecule has 6 heteroatoms. The van der Waals surface area contributed by atoms with Crippen LogP contribution in [-0.2, 0) is 10.0 Å². The molecular weight excluding hydrogens is 250 g/mol. The highest BCUT2D eigenvalue weighted by Gasteiger charge is 2.24. The van der Waals surface area contributed by atoms with Crippen LogP contribution in [0.3, 0.4) is 0 Å². The smallest absolute Gasteiger partial charge is 0.267 e. The van der Waals surface area contributed by atoms with E-state index in [1.165, 1.54) is 17.5 Å². The molecule has 0 aliphatic rings. The summed E-state index contributed by atoms with van der Waals surface area (Å²) in [5.41, 5.74) is 2.18. The molecule has 0 radical (unpaired) electrons. The molecule has 0 spiro atoms. The lowest BCUT2D eigenvalue weighted by atomic mass is 10.2. The normalized spacial score (nSPS) is 11.5. The van der Waals surface area contributed by atoms with E-state index in [4.69, 9.17) is 0 Å². The van der Waals surface area contributed by atoms with Crippen molar-refractivity contribution in [2.24, 2.45) is 0 Å². The molecule has 1 N–H and O–H groups in total. The van der Waals surface area contributed by atoms with Crippen LogP contribution < -0.4 is 4.31 Å². The molecule has 2 aromatic rings. The summed E-state index contributed by atoms with van der Waals surface area (Å²) in [6.45, 7) is 3.61. The van der Waals surface area contributed by atoms with Gasteiger partial charge in [0.05, 0.1) is 17.6 Å². The number of nitrogens with zero attached hydrogens (tertiary/aromatic N) is 2. The second-order valence-electron chi connectivity index (χ2n) is 4.17. The predicted molar refractivity (Wildman–Crippen MR) is 70.1 cm³/mol. The Morgan fingerprint density at radius 2 is 2.00 bits per heavy atom. The lowest BCUT2D eigenvalue weighted by Gasteiger charge is -2.19. The molecule has 18 heavy (non-hydrogen) atoms. The minimum Gasteiger partial charge on any atom is -0.281 e. The molecule has 96 valence electrons. The van der Waals surface area contributed by atoms with Crippen LogP contribution in [0.15, 0.2) is 35.4 Å². The molecule has 0 atom stereocenters. The zero-order chi connectivity index (χ0) is 13.3. The third kappa shape index (κ3) is 2.11. The standard InChI is InChI=1S/C12H15N3O2S/c1-9-5-4-6-11(7-9)15(3)18(16,17)12-8-13-14-10(12)2/h4-8H,1-3H3,(H,13,14). The second kappa shape index (κ2) is 4.45. The monoisotopic (exact) mass is 265 g/mol. The lowest BCUT2D eigenvalue weighted by Crippen LogP contribution is -2.26. The summed E-state index contributed by atoms with van der Waals surface area (Å²) in [5, 5.41) is 6.39. The summed E-state index contributed by atoms with van der Waals surface area (Å²) < 4.78 is 26.0. The molecule has 2 rings (SSSR count). The molecule has 0 saturated carbocycles. The van der Waals surface area contributed by atoms with Crippen molar-refractivity contribution in [2.75, 3.05) is 11.4 Å². The third-order valence-electron chi connectivity index (χ3n) is 2.79. The van der Waals surface area contributed by atoms with Crippen molar-refractivity contribution in [3.05, 3.63) is 41.7 Å². The molecule has 1 aromatic heterocycles. The average Bonchev–Trinajstić information content (AvgIpc) is 2.75. The van der Waals surface area contributed by atoms with Crippen LogP contribution in [0.1, 0.15) is 11.3 Å². The number of benzene rings is 1. The van der Waals surface area contributed by atoms with Crippen molar-refractivity contribution in [2.45, 2.75) is 18.7 Å². The van der Waals surface area contributed by atoms with E-state index < -0.39 is 10.0 Å². The van der Waals surface area contributed by atoms with Gasteiger partial charge in [-0.25, -0.2) is 8.42 Å². The van der Waals surface area contributed by atoms with Gasteiger partial charge in [0.15, 0.2) is 0 Å². The Balaban J connectivity index is 2.46. The highest BCUT2D eigenvalue weighted by Crippen LogP contribution is 2.23. The quantitative estimate of drug-likeness (QED) is 0.921. The topological polar surface area (TPSA) is 66.1 Å². The maximum atomic E-state index is 12.4. The van der Waals surface area contributed by atoms with Crippen molar-refractivity contribution < 1.29 is 8.42 Å². The first-order valence-electron chi connectivity index (χ1n) is 5.48. The molecule has 0 aliphatic heterocycles. The van der Waals surface area contributed by atoms with E-state index in [1.54, 1.807) is 13.0 Å². The van der Waals surface area contributed by atoms with Crippen molar-refractivity contribution in [1.82, 2.24) is 10.2 Å². The van der Waals surface area contributed by atoms with Gasteiger partial charge in [0.1, 0.15) is 4.90 Å². The number of aryl methyl sites for hydroxylation is 2. The Bertz CT molecular complexity index is 661. The highest BCUT2D eigenvalue weighted by atomic mass is 32.2. The molecule has 1 aromatic carbocycles. The van der Waals surface area contributed by atoms with Gasteiger partial charge in [-0.3, -0.25) is 9.40 Å². The van der Waals surface area contributed by atoms with Crippen LogP contribution in [0, 0.1) is 13.8 Å². The Labute approximate surface area is 107 Å². The zero-order valence-corrected chi connectivity index (χ0v) is 11.3. The van der Waals surface area contributed by atoms with E-state index in [0.717, 1.165) is 5.56 Å². The first-order valence-corrected chi connectivity index (χ1v) is 6.92. The number of aromatic amines is 1. The maximum Gasteiger partial charge on any atom is 0.267 e. The van der Waals surface area contributed by atoms with Crippen molar-refractivity contribution >= 4 is 15.7 Å². The van der Waals surface area contributed by atoms with Gasteiger partial charge < -0.3 is 0 Å². The summed E-state index contributed by atoms with van der Waals surface area (Å²) in [7, 11) is -2.02. The maximum absolute atomic E-state index is 12.4. The molecular formula is C12H15N3O2S. The second-order valence-corrected chi connectivity index (χ2v) is 6.11. The first kappa shape index (κ1) is 12.6. The van der Waals surface area contributed by atoms with E-state index in [9.17, 15) is 8.42 Å². The van der Waals surface area contributed by atoms with Crippen LogP contribution in [0.25, 0.3) is 0 Å². The minimum atomic E-state index is -3.56. The SMILES string of the molecule is Cc1cccc(N(C)S(=O)(=O)c2cn[nH]c2C)c1. The summed E-state index contributed by atoms with van der Waals surface area (Å²) >= 11 is 0. The Hall–Kier alpha value is -1.82. The molecule has 0 fully saturated rings. The van der Waals surface area contributed by atoms with Gasteiger partial charge >= 0.3 is 0 Å². The largest absolute Gasteiger partial charge is 0.281 e. The van der Waals surface area contributed by atoms with E-state index in [2.05, 4.69) is 10.2 Å². The highest BCUT2D eigenvalue weighted by molar-refractivity contribution is 7.92. The molecule has 0 aliphatic carbocycles. The number of anilines is 1. The first-order chi connectivity index (χ1) is 8.43. The number of nitrogens with one attached hydrogen (secondary N) is 1. The van der Waals surface area contributed by atoms with Gasteiger partial charge in [0.2, 0.25) is 0 Å². The van der Waals surface area contributed by atoms with Gasteiger partial charge in [-0.05, 0) is 31.5 Å².